The molecule has 0 aliphatic carbocycles. The second-order valence-corrected chi connectivity index (χ2v) is 3.93. The van der Waals surface area contributed by atoms with Crippen LogP contribution in [0.4, 0.5) is 11.4 Å². The summed E-state index contributed by atoms with van der Waals surface area (Å²) in [6, 6.07) is 5.70. The van der Waals surface area contributed by atoms with Gasteiger partial charge in [0, 0.05) is 19.2 Å². The van der Waals surface area contributed by atoms with E-state index in [0.29, 0.717) is 6.61 Å². The van der Waals surface area contributed by atoms with Gasteiger partial charge >= 0.3 is 0 Å². The van der Waals surface area contributed by atoms with Gasteiger partial charge in [-0.3, -0.25) is 0 Å². The van der Waals surface area contributed by atoms with Crippen LogP contribution < -0.4 is 15.8 Å². The summed E-state index contributed by atoms with van der Waals surface area (Å²) in [6.45, 7) is 4.48. The lowest BCUT2D eigenvalue weighted by molar-refractivity contribution is 0.261. The molecule has 3 N–H and O–H groups in total. The average Bonchev–Trinajstić information content (AvgIpc) is 2.22. The number of nitrogens with one attached hydrogen (secondary N) is 1. The summed E-state index contributed by atoms with van der Waals surface area (Å²) in [5, 5.41) is 3.20. The molecule has 0 spiro atoms. The Morgan fingerprint density at radius 1 is 1.38 bits per heavy atom. The molecule has 1 aromatic rings. The number of likely N-dealkylation sites (N-methyl/N-ethyl adjacent to an activating group) is 1. The number of anilines is 2. The van der Waals surface area contributed by atoms with Crippen LogP contribution in [-0.4, -0.2) is 38.7 Å². The van der Waals surface area contributed by atoms with E-state index in [0.717, 1.165) is 30.2 Å². The third-order valence-corrected chi connectivity index (χ3v) is 2.20. The minimum absolute atomic E-state index is 0.683. The van der Waals surface area contributed by atoms with Crippen molar-refractivity contribution in [1.82, 2.24) is 4.90 Å². The van der Waals surface area contributed by atoms with Crippen LogP contribution >= 0.6 is 0 Å². The highest BCUT2D eigenvalue weighted by molar-refractivity contribution is 5.68. The van der Waals surface area contributed by atoms with Gasteiger partial charge in [-0.1, -0.05) is 0 Å². The fraction of sp³-hybridized carbons (Fsp3) is 0.500. The molecule has 1 aromatic carbocycles. The molecular weight excluding hydrogens is 202 g/mol. The molecule has 4 nitrogen and oxygen atoms in total. The standard InChI is InChI=1S/C12H21N3O/c1-4-14-12-9-10(5-6-11(12)13)16-8-7-15(2)3/h5-6,9,14H,4,7-8,13H2,1-3H3. The monoisotopic (exact) mass is 223 g/mol. The number of hydrogen-bond donors (Lipinski definition) is 2. The lowest BCUT2D eigenvalue weighted by atomic mass is 10.2. The van der Waals surface area contributed by atoms with Crippen molar-refractivity contribution in [3.8, 4) is 5.75 Å². The van der Waals surface area contributed by atoms with Crippen LogP contribution in [0.5, 0.6) is 5.75 Å². The van der Waals surface area contributed by atoms with Crippen LogP contribution in [0.15, 0.2) is 18.2 Å². The number of benzene rings is 1. The lowest BCUT2D eigenvalue weighted by Gasteiger charge is -2.13. The van der Waals surface area contributed by atoms with Crippen molar-refractivity contribution >= 4 is 11.4 Å². The number of nitrogens with zero attached hydrogens (tertiary/aromatic N) is 1. The molecule has 16 heavy (non-hydrogen) atoms. The highest BCUT2D eigenvalue weighted by atomic mass is 16.5. The van der Waals surface area contributed by atoms with Crippen molar-refractivity contribution in [2.75, 3.05) is 44.8 Å². The maximum absolute atomic E-state index is 5.83. The van der Waals surface area contributed by atoms with E-state index in [2.05, 4.69) is 10.2 Å². The van der Waals surface area contributed by atoms with Gasteiger partial charge in [-0.25, -0.2) is 0 Å². The van der Waals surface area contributed by atoms with Gasteiger partial charge in [-0.2, -0.15) is 0 Å². The van der Waals surface area contributed by atoms with E-state index in [1.54, 1.807) is 0 Å². The molecule has 0 radical (unpaired) electrons. The first kappa shape index (κ1) is 12.6. The number of rotatable bonds is 6. The first-order chi connectivity index (χ1) is 7.63. The predicted octanol–water partition coefficient (Wildman–Crippen LogP) is 1.64. The van der Waals surface area contributed by atoms with E-state index in [1.807, 2.05) is 39.2 Å². The quantitative estimate of drug-likeness (QED) is 0.720. The van der Waals surface area contributed by atoms with Crippen molar-refractivity contribution in [1.29, 1.82) is 0 Å². The van der Waals surface area contributed by atoms with Crippen LogP contribution in [0.1, 0.15) is 6.92 Å². The Morgan fingerprint density at radius 3 is 2.75 bits per heavy atom. The highest BCUT2D eigenvalue weighted by Crippen LogP contribution is 2.24. The molecule has 0 aliphatic heterocycles. The number of ether oxygens (including phenoxy) is 1. The molecule has 0 aromatic heterocycles. The van der Waals surface area contributed by atoms with Crippen molar-refractivity contribution in [2.45, 2.75) is 6.92 Å². The van der Waals surface area contributed by atoms with Crippen molar-refractivity contribution in [3.05, 3.63) is 18.2 Å². The highest BCUT2D eigenvalue weighted by Gasteiger charge is 2.01. The van der Waals surface area contributed by atoms with Crippen LogP contribution in [0.3, 0.4) is 0 Å². The molecule has 0 unspecified atom stereocenters. The minimum atomic E-state index is 0.683. The molecule has 0 fully saturated rings. The van der Waals surface area contributed by atoms with E-state index >= 15 is 0 Å². The zero-order valence-corrected chi connectivity index (χ0v) is 10.3. The summed E-state index contributed by atoms with van der Waals surface area (Å²) in [7, 11) is 4.05. The Balaban J connectivity index is 2.56. The fourth-order valence-electron chi connectivity index (χ4n) is 1.31. The van der Waals surface area contributed by atoms with Crippen LogP contribution in [0.2, 0.25) is 0 Å². The summed E-state index contributed by atoms with van der Waals surface area (Å²) in [6.07, 6.45) is 0. The maximum Gasteiger partial charge on any atom is 0.121 e. The first-order valence-electron chi connectivity index (χ1n) is 5.54. The van der Waals surface area contributed by atoms with Crippen LogP contribution in [0.25, 0.3) is 0 Å². The third-order valence-electron chi connectivity index (χ3n) is 2.20. The molecule has 0 bridgehead atoms. The topological polar surface area (TPSA) is 50.5 Å². The Morgan fingerprint density at radius 2 is 2.12 bits per heavy atom. The number of nitrogen functional groups attached to an aromatic ring is 1. The van der Waals surface area contributed by atoms with Gasteiger partial charge in [-0.15, -0.1) is 0 Å². The largest absolute Gasteiger partial charge is 0.492 e. The summed E-state index contributed by atoms with van der Waals surface area (Å²) < 4.78 is 5.62. The van der Waals surface area contributed by atoms with Crippen molar-refractivity contribution in [2.24, 2.45) is 0 Å². The molecule has 4 heteroatoms. The van der Waals surface area contributed by atoms with E-state index in [9.17, 15) is 0 Å². The molecule has 1 rings (SSSR count). The molecule has 0 saturated carbocycles. The van der Waals surface area contributed by atoms with Crippen LogP contribution in [0, 0.1) is 0 Å². The number of nitrogens with two attached hydrogens (primary N) is 1. The lowest BCUT2D eigenvalue weighted by Crippen LogP contribution is -2.19. The van der Waals surface area contributed by atoms with Gasteiger partial charge < -0.3 is 20.7 Å². The normalized spacial score (nSPS) is 10.5. The van der Waals surface area contributed by atoms with Crippen LogP contribution in [-0.2, 0) is 0 Å². The second kappa shape index (κ2) is 6.23. The molecule has 0 atom stereocenters. The molecular formula is C12H21N3O. The third kappa shape index (κ3) is 3.98. The van der Waals surface area contributed by atoms with Gasteiger partial charge in [-0.05, 0) is 33.2 Å². The second-order valence-electron chi connectivity index (χ2n) is 3.93. The Kier molecular flexibility index (Phi) is 4.92. The molecule has 90 valence electrons. The molecule has 0 aliphatic rings. The van der Waals surface area contributed by atoms with Gasteiger partial charge in [0.1, 0.15) is 12.4 Å². The minimum Gasteiger partial charge on any atom is -0.492 e. The Labute approximate surface area is 97.4 Å². The zero-order valence-electron chi connectivity index (χ0n) is 10.3. The molecule has 0 heterocycles. The zero-order chi connectivity index (χ0) is 12.0. The summed E-state index contributed by atoms with van der Waals surface area (Å²) in [5.74, 6) is 0.854. The fourth-order valence-corrected chi connectivity index (χ4v) is 1.31. The maximum atomic E-state index is 5.83. The summed E-state index contributed by atoms with van der Waals surface area (Å²) in [5.41, 5.74) is 7.51. The van der Waals surface area contributed by atoms with Gasteiger partial charge in [0.2, 0.25) is 0 Å². The molecule has 0 amide bonds. The van der Waals surface area contributed by atoms with E-state index < -0.39 is 0 Å². The average molecular weight is 223 g/mol. The SMILES string of the molecule is CCNc1cc(OCCN(C)C)ccc1N. The summed E-state index contributed by atoms with van der Waals surface area (Å²) in [4.78, 5) is 2.09. The van der Waals surface area contributed by atoms with Gasteiger partial charge in [0.15, 0.2) is 0 Å². The van der Waals surface area contributed by atoms with Gasteiger partial charge in [0.25, 0.3) is 0 Å². The Hall–Kier alpha value is -1.42. The van der Waals surface area contributed by atoms with Gasteiger partial charge in [0.05, 0.1) is 11.4 Å². The number of hydrogen-bond acceptors (Lipinski definition) is 4. The van der Waals surface area contributed by atoms with E-state index in [4.69, 9.17) is 10.5 Å². The smallest absolute Gasteiger partial charge is 0.121 e. The van der Waals surface area contributed by atoms with Crippen molar-refractivity contribution < 1.29 is 4.74 Å². The summed E-state index contributed by atoms with van der Waals surface area (Å²) >= 11 is 0. The van der Waals surface area contributed by atoms with E-state index in [1.165, 1.54) is 0 Å². The molecule has 0 saturated heterocycles. The first-order valence-corrected chi connectivity index (χ1v) is 5.54. The predicted molar refractivity (Wildman–Crippen MR) is 69.1 cm³/mol. The van der Waals surface area contributed by atoms with Crippen molar-refractivity contribution in [3.63, 3.8) is 0 Å². The Bertz CT molecular complexity index is 326. The van der Waals surface area contributed by atoms with E-state index in [-0.39, 0.29) is 0 Å².